The molecular formula is C28H23N3O. The topological polar surface area (TPSA) is 33.7 Å². The molecular weight excluding hydrogens is 394 g/mol. The molecule has 3 heterocycles. The minimum atomic E-state index is 0.830. The Kier molecular flexibility index (Phi) is 4.08. The second kappa shape index (κ2) is 6.99. The van der Waals surface area contributed by atoms with Crippen LogP contribution in [0.4, 0.5) is 11.7 Å². The fourth-order valence-corrected chi connectivity index (χ4v) is 4.67. The van der Waals surface area contributed by atoms with Crippen molar-refractivity contribution in [3.05, 3.63) is 96.2 Å². The maximum absolute atomic E-state index is 6.33. The van der Waals surface area contributed by atoms with Gasteiger partial charge in [0.05, 0.1) is 0 Å². The van der Waals surface area contributed by atoms with Gasteiger partial charge in [0.25, 0.3) is 0 Å². The molecule has 0 aliphatic heterocycles. The second-order valence-electron chi connectivity index (χ2n) is 8.28. The lowest BCUT2D eigenvalue weighted by atomic mass is 10.1. The lowest BCUT2D eigenvalue weighted by Gasteiger charge is -2.19. The first-order valence-corrected chi connectivity index (χ1v) is 10.8. The van der Waals surface area contributed by atoms with Crippen molar-refractivity contribution in [1.82, 2.24) is 9.38 Å². The second-order valence-corrected chi connectivity index (χ2v) is 8.28. The van der Waals surface area contributed by atoms with Crippen LogP contribution < -0.4 is 4.90 Å². The molecule has 3 aromatic heterocycles. The van der Waals surface area contributed by atoms with Gasteiger partial charge in [-0.2, -0.15) is 0 Å². The van der Waals surface area contributed by atoms with Crippen LogP contribution in [0.2, 0.25) is 0 Å². The first kappa shape index (κ1) is 18.7. The van der Waals surface area contributed by atoms with Crippen molar-refractivity contribution in [3.8, 4) is 11.3 Å². The molecule has 0 saturated heterocycles. The van der Waals surface area contributed by atoms with Gasteiger partial charge in [-0.15, -0.1) is 0 Å². The zero-order valence-electron chi connectivity index (χ0n) is 18.3. The van der Waals surface area contributed by atoms with Gasteiger partial charge in [0.2, 0.25) is 5.88 Å². The number of nitrogens with zero attached hydrogens (tertiary/aromatic N) is 3. The van der Waals surface area contributed by atoms with Gasteiger partial charge in [0, 0.05) is 35.1 Å². The summed E-state index contributed by atoms with van der Waals surface area (Å²) in [6.07, 6.45) is 2.11. The van der Waals surface area contributed by atoms with E-state index in [1.807, 2.05) is 18.2 Å². The Hall–Kier alpha value is -4.05. The minimum Gasteiger partial charge on any atom is -0.440 e. The van der Waals surface area contributed by atoms with Crippen LogP contribution in [-0.2, 0) is 0 Å². The summed E-state index contributed by atoms with van der Waals surface area (Å²) in [5.74, 6) is 1.82. The number of anilines is 2. The van der Waals surface area contributed by atoms with Crippen LogP contribution in [-0.4, -0.2) is 16.4 Å². The number of para-hydroxylation sites is 1. The van der Waals surface area contributed by atoms with Gasteiger partial charge in [0.15, 0.2) is 0 Å². The smallest absolute Gasteiger partial charge is 0.205 e. The Labute approximate surface area is 186 Å². The Bertz CT molecular complexity index is 1620. The quantitative estimate of drug-likeness (QED) is 0.303. The molecule has 32 heavy (non-hydrogen) atoms. The van der Waals surface area contributed by atoms with Gasteiger partial charge in [-0.3, -0.25) is 9.30 Å². The van der Waals surface area contributed by atoms with Crippen LogP contribution in [0.25, 0.3) is 38.6 Å². The average molecular weight is 418 g/mol. The number of aryl methyl sites for hydroxylation is 2. The maximum atomic E-state index is 6.33. The molecule has 0 saturated carbocycles. The summed E-state index contributed by atoms with van der Waals surface area (Å²) >= 11 is 0. The van der Waals surface area contributed by atoms with Crippen molar-refractivity contribution in [3.63, 3.8) is 0 Å². The molecule has 0 spiro atoms. The van der Waals surface area contributed by atoms with Gasteiger partial charge in [-0.25, -0.2) is 4.98 Å². The number of hydrogen-bond acceptors (Lipinski definition) is 3. The predicted molar refractivity (Wildman–Crippen MR) is 132 cm³/mol. The fraction of sp³-hybridized carbons (Fsp3) is 0.107. The highest BCUT2D eigenvalue weighted by Crippen LogP contribution is 2.41. The van der Waals surface area contributed by atoms with E-state index in [2.05, 4.69) is 97.1 Å². The summed E-state index contributed by atoms with van der Waals surface area (Å²) < 4.78 is 8.50. The van der Waals surface area contributed by atoms with E-state index in [9.17, 15) is 0 Å². The molecule has 4 heteroatoms. The van der Waals surface area contributed by atoms with Crippen molar-refractivity contribution >= 4 is 39.1 Å². The molecule has 4 nitrogen and oxygen atoms in total. The van der Waals surface area contributed by atoms with Gasteiger partial charge in [-0.1, -0.05) is 66.7 Å². The summed E-state index contributed by atoms with van der Waals surface area (Å²) in [6, 6.07) is 27.1. The number of aromatic nitrogens is 2. The summed E-state index contributed by atoms with van der Waals surface area (Å²) in [6.45, 7) is 4.25. The van der Waals surface area contributed by atoms with E-state index in [1.165, 1.54) is 10.9 Å². The highest BCUT2D eigenvalue weighted by atomic mass is 16.4. The van der Waals surface area contributed by atoms with Crippen LogP contribution in [0.1, 0.15) is 11.1 Å². The van der Waals surface area contributed by atoms with E-state index in [-0.39, 0.29) is 0 Å². The number of imidazole rings is 1. The molecule has 0 aliphatic rings. The van der Waals surface area contributed by atoms with Crippen LogP contribution in [0, 0.1) is 13.8 Å². The summed E-state index contributed by atoms with van der Waals surface area (Å²) in [7, 11) is 2.06. The number of fused-ring (bicyclic) bond motifs is 4. The molecule has 6 rings (SSSR count). The van der Waals surface area contributed by atoms with E-state index in [4.69, 9.17) is 9.40 Å². The van der Waals surface area contributed by atoms with Crippen LogP contribution >= 0.6 is 0 Å². The third kappa shape index (κ3) is 2.66. The monoisotopic (exact) mass is 417 g/mol. The third-order valence-corrected chi connectivity index (χ3v) is 6.33. The number of furan rings is 1. The Morgan fingerprint density at radius 3 is 2.34 bits per heavy atom. The first-order valence-electron chi connectivity index (χ1n) is 10.8. The largest absolute Gasteiger partial charge is 0.440 e. The van der Waals surface area contributed by atoms with Gasteiger partial charge >= 0.3 is 0 Å². The predicted octanol–water partition coefficient (Wildman–Crippen LogP) is 7.29. The molecule has 156 valence electrons. The standard InChI is InChI=1S/C28H23N3O/c1-18-10-4-6-12-21(18)25-27(30(3)28-19(2)22-13-8-9-15-24(22)32-28)31-17-16-20-11-5-7-14-23(20)26(31)29-25/h4-17H,1-3H3. The van der Waals surface area contributed by atoms with E-state index >= 15 is 0 Å². The molecule has 0 bridgehead atoms. The van der Waals surface area contributed by atoms with Gasteiger partial charge in [0.1, 0.15) is 22.7 Å². The first-order chi connectivity index (χ1) is 15.6. The van der Waals surface area contributed by atoms with Gasteiger partial charge < -0.3 is 4.42 Å². The van der Waals surface area contributed by atoms with Crippen LogP contribution in [0.5, 0.6) is 0 Å². The SMILES string of the molecule is Cc1ccccc1-c1nc2c3ccccc3ccn2c1N(C)c1oc2ccccc2c1C. The number of benzene rings is 3. The molecule has 0 atom stereocenters. The highest BCUT2D eigenvalue weighted by molar-refractivity contribution is 5.97. The zero-order chi connectivity index (χ0) is 21.8. The third-order valence-electron chi connectivity index (χ3n) is 6.33. The number of pyridine rings is 1. The summed E-state index contributed by atoms with van der Waals surface area (Å²) in [5, 5.41) is 3.44. The Morgan fingerprint density at radius 1 is 0.812 bits per heavy atom. The average Bonchev–Trinajstić information content (AvgIpc) is 3.37. The molecule has 0 fully saturated rings. The van der Waals surface area contributed by atoms with Crippen molar-refractivity contribution in [2.45, 2.75) is 13.8 Å². The Morgan fingerprint density at radius 2 is 1.53 bits per heavy atom. The van der Waals surface area contributed by atoms with Crippen molar-refractivity contribution in [2.75, 3.05) is 11.9 Å². The van der Waals surface area contributed by atoms with Crippen molar-refractivity contribution in [2.24, 2.45) is 0 Å². The normalized spacial score (nSPS) is 11.6. The van der Waals surface area contributed by atoms with E-state index in [1.54, 1.807) is 0 Å². The molecule has 0 amide bonds. The molecule has 0 unspecified atom stereocenters. The minimum absolute atomic E-state index is 0.830. The Balaban J connectivity index is 1.69. The molecule has 0 radical (unpaired) electrons. The number of rotatable bonds is 3. The van der Waals surface area contributed by atoms with Crippen molar-refractivity contribution < 1.29 is 4.42 Å². The molecule has 0 N–H and O–H groups in total. The lowest BCUT2D eigenvalue weighted by Crippen LogP contribution is -2.13. The zero-order valence-corrected chi connectivity index (χ0v) is 18.3. The highest BCUT2D eigenvalue weighted by Gasteiger charge is 2.24. The molecule has 6 aromatic rings. The number of hydrogen-bond donors (Lipinski definition) is 0. The fourth-order valence-electron chi connectivity index (χ4n) is 4.67. The maximum Gasteiger partial charge on any atom is 0.205 e. The molecule has 0 aliphatic carbocycles. The van der Waals surface area contributed by atoms with Crippen molar-refractivity contribution in [1.29, 1.82) is 0 Å². The van der Waals surface area contributed by atoms with Gasteiger partial charge in [-0.05, 0) is 36.9 Å². The summed E-state index contributed by atoms with van der Waals surface area (Å²) in [4.78, 5) is 7.31. The van der Waals surface area contributed by atoms with Crippen LogP contribution in [0.15, 0.2) is 89.5 Å². The van der Waals surface area contributed by atoms with E-state index in [0.29, 0.717) is 0 Å². The molecule has 3 aromatic carbocycles. The van der Waals surface area contributed by atoms with Crippen LogP contribution in [0.3, 0.4) is 0 Å². The summed E-state index contributed by atoms with van der Waals surface area (Å²) in [5.41, 5.74) is 6.21. The van der Waals surface area contributed by atoms with E-state index < -0.39 is 0 Å². The van der Waals surface area contributed by atoms with E-state index in [0.717, 1.165) is 50.5 Å². The lowest BCUT2D eigenvalue weighted by molar-refractivity contribution is 0.611.